The molecular formula is C27H39FN2O6. The van der Waals surface area contributed by atoms with Gasteiger partial charge in [0.25, 0.3) is 5.56 Å². The molecule has 0 aliphatic carbocycles. The van der Waals surface area contributed by atoms with Crippen LogP contribution in [0.5, 0.6) is 0 Å². The Hall–Kier alpha value is -2.33. The number of aromatic nitrogens is 2. The predicted octanol–water partition coefficient (Wildman–Crippen LogP) is 3.98. The summed E-state index contributed by atoms with van der Waals surface area (Å²) in [4.78, 5) is 25.7. The van der Waals surface area contributed by atoms with Crippen molar-refractivity contribution in [2.75, 3.05) is 6.61 Å². The Labute approximate surface area is 211 Å². The fraction of sp³-hybridized carbons (Fsp3) is 0.630. The Kier molecular flexibility index (Phi) is 9.27. The van der Waals surface area contributed by atoms with Crippen molar-refractivity contribution in [3.63, 3.8) is 0 Å². The lowest BCUT2D eigenvalue weighted by Gasteiger charge is -2.24. The Balaban J connectivity index is 1.74. The molecule has 2 aliphatic heterocycles. The third-order valence-corrected chi connectivity index (χ3v) is 6.48. The molecule has 0 amide bonds. The van der Waals surface area contributed by atoms with Gasteiger partial charge in [-0.25, -0.2) is 4.79 Å². The average Bonchev–Trinajstić information content (AvgIpc) is 3.28. The Morgan fingerprint density at radius 3 is 2.28 bits per heavy atom. The highest BCUT2D eigenvalue weighted by Gasteiger charge is 2.56. The van der Waals surface area contributed by atoms with Gasteiger partial charge >= 0.3 is 5.69 Å². The van der Waals surface area contributed by atoms with Gasteiger partial charge < -0.3 is 19.3 Å². The van der Waals surface area contributed by atoms with E-state index in [0.717, 1.165) is 46.6 Å². The summed E-state index contributed by atoms with van der Waals surface area (Å²) in [5.74, 6) is -2.01. The number of aliphatic hydroxyl groups is 1. The molecule has 2 aliphatic rings. The Morgan fingerprint density at radius 1 is 1.03 bits per heavy atom. The summed E-state index contributed by atoms with van der Waals surface area (Å²) >= 11 is 0. The zero-order chi connectivity index (χ0) is 26.6. The summed E-state index contributed by atoms with van der Waals surface area (Å²) in [7, 11) is 0. The molecule has 0 bridgehead atoms. The maximum Gasteiger partial charge on any atom is 0.333 e. The highest BCUT2D eigenvalue weighted by atomic mass is 19.1. The zero-order valence-corrected chi connectivity index (χ0v) is 22.1. The summed E-state index contributed by atoms with van der Waals surface area (Å²) in [5, 5.41) is 9.69. The van der Waals surface area contributed by atoms with Crippen molar-refractivity contribution in [1.82, 2.24) is 9.13 Å². The first-order chi connectivity index (χ1) is 16.9. The molecule has 0 aromatic carbocycles. The number of rotatable bonds is 10. The van der Waals surface area contributed by atoms with E-state index in [-0.39, 0.29) is 13.2 Å². The van der Waals surface area contributed by atoms with Crippen molar-refractivity contribution >= 4 is 0 Å². The molecule has 36 heavy (non-hydrogen) atoms. The third kappa shape index (κ3) is 6.70. The summed E-state index contributed by atoms with van der Waals surface area (Å²) in [6.45, 7) is 11.3. The van der Waals surface area contributed by atoms with E-state index < -0.39 is 47.4 Å². The van der Waals surface area contributed by atoms with Crippen molar-refractivity contribution < 1.29 is 23.7 Å². The maximum absolute atomic E-state index is 14.6. The smallest absolute Gasteiger partial charge is 0.333 e. The third-order valence-electron chi connectivity index (χ3n) is 6.48. The molecule has 9 heteroatoms. The molecule has 1 aromatic rings. The van der Waals surface area contributed by atoms with E-state index in [1.807, 2.05) is 6.92 Å². The first-order valence-corrected chi connectivity index (χ1v) is 12.5. The molecule has 3 heterocycles. The fourth-order valence-electron chi connectivity index (χ4n) is 4.55. The van der Waals surface area contributed by atoms with Crippen LogP contribution in [0.25, 0.3) is 0 Å². The lowest BCUT2D eigenvalue weighted by molar-refractivity contribution is -0.200. The number of ether oxygens (including phenoxy) is 3. The van der Waals surface area contributed by atoms with Crippen molar-refractivity contribution in [3.05, 3.63) is 67.8 Å². The molecular weight excluding hydrogens is 467 g/mol. The largest absolute Gasteiger partial charge is 0.394 e. The molecule has 2 saturated heterocycles. The highest BCUT2D eigenvalue weighted by molar-refractivity contribution is 5.06. The number of allylic oxidation sites excluding steroid dienone is 6. The first-order valence-electron chi connectivity index (χ1n) is 12.5. The van der Waals surface area contributed by atoms with Gasteiger partial charge in [-0.3, -0.25) is 13.9 Å². The SMILES string of the molecule is CC(C)=CCC/C(C)=C/CC/C(C)=C/Cn1c(=O)c(F)cn([C@@H]2O[C@H](CO)C3OC(C)(C)O[C@@H]32)c1=O. The van der Waals surface area contributed by atoms with Crippen molar-refractivity contribution in [3.8, 4) is 0 Å². The van der Waals surface area contributed by atoms with Crippen LogP contribution >= 0.6 is 0 Å². The van der Waals surface area contributed by atoms with E-state index in [2.05, 4.69) is 32.9 Å². The lowest BCUT2D eigenvalue weighted by Crippen LogP contribution is -2.44. The number of aliphatic hydroxyl groups excluding tert-OH is 1. The van der Waals surface area contributed by atoms with Gasteiger partial charge in [0.05, 0.1) is 12.8 Å². The van der Waals surface area contributed by atoms with Crippen LogP contribution in [-0.2, 0) is 20.8 Å². The van der Waals surface area contributed by atoms with Crippen LogP contribution in [-0.4, -0.2) is 44.9 Å². The van der Waals surface area contributed by atoms with E-state index in [4.69, 9.17) is 14.2 Å². The molecule has 1 aromatic heterocycles. The van der Waals surface area contributed by atoms with Crippen LogP contribution in [0, 0.1) is 5.82 Å². The van der Waals surface area contributed by atoms with Crippen LogP contribution in [0.15, 0.2) is 50.7 Å². The monoisotopic (exact) mass is 506 g/mol. The summed E-state index contributed by atoms with van der Waals surface area (Å²) < 4.78 is 34.0. The second-order valence-corrected chi connectivity index (χ2v) is 10.4. The molecule has 0 radical (unpaired) electrons. The van der Waals surface area contributed by atoms with Crippen molar-refractivity contribution in [1.29, 1.82) is 0 Å². The molecule has 1 unspecified atom stereocenters. The predicted molar refractivity (Wildman–Crippen MR) is 135 cm³/mol. The van der Waals surface area contributed by atoms with E-state index in [1.54, 1.807) is 19.9 Å². The summed E-state index contributed by atoms with van der Waals surface area (Å²) in [5.41, 5.74) is 1.93. The number of hydrogen-bond donors (Lipinski definition) is 1. The standard InChI is InChI=1S/C27H39FN2O6/c1-17(2)9-7-10-18(3)11-8-12-19(4)13-14-29-24(32)20(28)15-30(26(29)33)25-23-22(21(16-31)34-25)35-27(5,6)36-23/h9,11,13,15,21-23,25,31H,7-8,10,12,14,16H2,1-6H3/b18-11+,19-13+/t21-,22?,23+,25-/m1/s1. The molecule has 8 nitrogen and oxygen atoms in total. The van der Waals surface area contributed by atoms with Gasteiger partial charge in [-0.2, -0.15) is 4.39 Å². The van der Waals surface area contributed by atoms with E-state index in [1.165, 1.54) is 11.1 Å². The first kappa shape index (κ1) is 28.2. The van der Waals surface area contributed by atoms with Gasteiger partial charge in [-0.05, 0) is 67.2 Å². The van der Waals surface area contributed by atoms with Gasteiger partial charge in [0.2, 0.25) is 5.82 Å². The summed E-state index contributed by atoms with van der Waals surface area (Å²) in [6, 6.07) is 0. The van der Waals surface area contributed by atoms with Gasteiger partial charge in [0.15, 0.2) is 12.0 Å². The number of fused-ring (bicyclic) bond motifs is 1. The quantitative estimate of drug-likeness (QED) is 0.483. The van der Waals surface area contributed by atoms with Crippen LogP contribution in [0.2, 0.25) is 0 Å². The fourth-order valence-corrected chi connectivity index (χ4v) is 4.55. The normalized spacial score (nSPS) is 25.8. The molecule has 2 fully saturated rings. The number of hydrogen-bond acceptors (Lipinski definition) is 6. The minimum absolute atomic E-state index is 0.0579. The second-order valence-electron chi connectivity index (χ2n) is 10.4. The van der Waals surface area contributed by atoms with Crippen LogP contribution in [0.1, 0.15) is 73.5 Å². The van der Waals surface area contributed by atoms with Crippen molar-refractivity contribution in [2.45, 2.75) is 104 Å². The minimum Gasteiger partial charge on any atom is -0.394 e. The van der Waals surface area contributed by atoms with Gasteiger partial charge in [0.1, 0.15) is 18.3 Å². The van der Waals surface area contributed by atoms with Gasteiger partial charge in [-0.1, -0.05) is 34.9 Å². The highest BCUT2D eigenvalue weighted by Crippen LogP contribution is 2.42. The van der Waals surface area contributed by atoms with E-state index in [9.17, 15) is 19.1 Å². The summed E-state index contributed by atoms with van der Waals surface area (Å²) in [6.07, 6.45) is 7.57. The van der Waals surface area contributed by atoms with E-state index in [0.29, 0.717) is 0 Å². The second kappa shape index (κ2) is 11.8. The lowest BCUT2D eigenvalue weighted by atomic mass is 10.1. The zero-order valence-electron chi connectivity index (χ0n) is 22.1. The van der Waals surface area contributed by atoms with Gasteiger partial charge in [-0.15, -0.1) is 0 Å². The molecule has 3 rings (SSSR count). The van der Waals surface area contributed by atoms with E-state index >= 15 is 0 Å². The minimum atomic E-state index is -1.07. The molecule has 1 N–H and O–H groups in total. The molecule has 0 spiro atoms. The van der Waals surface area contributed by atoms with Crippen LogP contribution in [0.3, 0.4) is 0 Å². The molecule has 4 atom stereocenters. The molecule has 200 valence electrons. The van der Waals surface area contributed by atoms with Crippen LogP contribution in [0.4, 0.5) is 4.39 Å². The van der Waals surface area contributed by atoms with Crippen LogP contribution < -0.4 is 11.2 Å². The number of nitrogens with zero attached hydrogens (tertiary/aromatic N) is 2. The average molecular weight is 507 g/mol. The molecule has 0 saturated carbocycles. The Morgan fingerprint density at radius 2 is 1.64 bits per heavy atom. The van der Waals surface area contributed by atoms with Gasteiger partial charge in [0, 0.05) is 6.54 Å². The maximum atomic E-state index is 14.6. The van der Waals surface area contributed by atoms with Crippen molar-refractivity contribution in [2.24, 2.45) is 0 Å². The topological polar surface area (TPSA) is 91.9 Å². The Bertz CT molecular complexity index is 1140. The number of halogens is 1.